The number of aromatic nitrogens is 3. The van der Waals surface area contributed by atoms with E-state index in [1.165, 1.54) is 12.3 Å². The Morgan fingerprint density at radius 2 is 2.00 bits per heavy atom. The van der Waals surface area contributed by atoms with Crippen molar-refractivity contribution in [2.45, 2.75) is 39.7 Å². The molecule has 0 atom stereocenters. The van der Waals surface area contributed by atoms with Gasteiger partial charge in [-0.25, -0.2) is 14.2 Å². The summed E-state index contributed by atoms with van der Waals surface area (Å²) in [6, 6.07) is 6.89. The summed E-state index contributed by atoms with van der Waals surface area (Å²) in [6.07, 6.45) is 2.94. The van der Waals surface area contributed by atoms with E-state index < -0.39 is 11.8 Å². The number of ether oxygens (including phenoxy) is 3. The number of esters is 1. The maximum atomic E-state index is 15.6. The third-order valence-corrected chi connectivity index (χ3v) is 5.85. The fourth-order valence-electron chi connectivity index (χ4n) is 4.36. The van der Waals surface area contributed by atoms with Crippen molar-refractivity contribution >= 4 is 5.97 Å². The number of rotatable bonds is 6. The Hall–Kier alpha value is -3.26. The van der Waals surface area contributed by atoms with E-state index in [1.807, 2.05) is 26.0 Å². The van der Waals surface area contributed by atoms with Gasteiger partial charge in [0.25, 0.3) is 0 Å². The van der Waals surface area contributed by atoms with Crippen LogP contribution in [0.5, 0.6) is 5.88 Å². The molecule has 8 heteroatoms. The van der Waals surface area contributed by atoms with Crippen LogP contribution in [-0.2, 0) is 9.47 Å². The lowest BCUT2D eigenvalue weighted by molar-refractivity contribution is 0.0526. The molecule has 4 rings (SSSR count). The van der Waals surface area contributed by atoms with Gasteiger partial charge in [0.1, 0.15) is 11.4 Å². The Labute approximate surface area is 192 Å². The lowest BCUT2D eigenvalue weighted by Gasteiger charge is -2.24. The number of hydrogen-bond donors (Lipinski definition) is 0. The van der Waals surface area contributed by atoms with Gasteiger partial charge in [0.2, 0.25) is 5.88 Å². The minimum absolute atomic E-state index is 0.0136. The number of hydrogen-bond acceptors (Lipinski definition) is 6. The molecule has 0 spiro atoms. The average Bonchev–Trinajstić information content (AvgIpc) is 3.24. The highest BCUT2D eigenvalue weighted by Crippen LogP contribution is 2.37. The lowest BCUT2D eigenvalue weighted by Crippen LogP contribution is -2.21. The van der Waals surface area contributed by atoms with Gasteiger partial charge in [-0.15, -0.1) is 0 Å². The summed E-state index contributed by atoms with van der Waals surface area (Å²) < 4.78 is 33.5. The second-order valence-corrected chi connectivity index (χ2v) is 8.07. The fourth-order valence-corrected chi connectivity index (χ4v) is 4.36. The average molecular weight is 454 g/mol. The van der Waals surface area contributed by atoms with Crippen molar-refractivity contribution in [2.75, 3.05) is 26.9 Å². The minimum Gasteiger partial charge on any atom is -0.481 e. The normalized spacial score (nSPS) is 14.3. The van der Waals surface area contributed by atoms with Crippen molar-refractivity contribution in [1.29, 1.82) is 0 Å². The van der Waals surface area contributed by atoms with Crippen molar-refractivity contribution in [3.05, 3.63) is 53.1 Å². The first kappa shape index (κ1) is 22.9. The molecule has 1 fully saturated rings. The highest BCUT2D eigenvalue weighted by Gasteiger charge is 2.27. The summed E-state index contributed by atoms with van der Waals surface area (Å²) in [5.74, 6) is -0.539. The zero-order valence-electron chi connectivity index (χ0n) is 19.4. The van der Waals surface area contributed by atoms with Crippen LogP contribution >= 0.6 is 0 Å². The molecule has 0 aliphatic carbocycles. The van der Waals surface area contributed by atoms with Crippen LogP contribution in [0.25, 0.3) is 22.4 Å². The van der Waals surface area contributed by atoms with E-state index in [4.69, 9.17) is 14.2 Å². The second-order valence-electron chi connectivity index (χ2n) is 8.07. The Bertz CT molecular complexity index is 1170. The Balaban J connectivity index is 1.83. The first-order chi connectivity index (χ1) is 15.9. The predicted molar refractivity (Wildman–Crippen MR) is 122 cm³/mol. The van der Waals surface area contributed by atoms with E-state index in [-0.39, 0.29) is 18.2 Å². The third-order valence-electron chi connectivity index (χ3n) is 5.85. The van der Waals surface area contributed by atoms with Gasteiger partial charge in [-0.2, -0.15) is 5.10 Å². The van der Waals surface area contributed by atoms with Crippen molar-refractivity contribution in [1.82, 2.24) is 14.8 Å². The molecule has 0 radical (unpaired) electrons. The summed E-state index contributed by atoms with van der Waals surface area (Å²) >= 11 is 0. The van der Waals surface area contributed by atoms with Gasteiger partial charge in [0, 0.05) is 30.0 Å². The Morgan fingerprint density at radius 1 is 1.24 bits per heavy atom. The van der Waals surface area contributed by atoms with Crippen LogP contribution in [0.15, 0.2) is 30.5 Å². The first-order valence-electron chi connectivity index (χ1n) is 11.1. The molecule has 1 saturated heterocycles. The smallest absolute Gasteiger partial charge is 0.341 e. The minimum atomic E-state index is -0.519. The van der Waals surface area contributed by atoms with E-state index in [9.17, 15) is 4.79 Å². The molecular weight excluding hydrogens is 425 g/mol. The van der Waals surface area contributed by atoms with Gasteiger partial charge >= 0.3 is 5.97 Å². The number of benzene rings is 1. The fraction of sp³-hybridized carbons (Fsp3) is 0.400. The lowest BCUT2D eigenvalue weighted by atomic mass is 9.97. The Morgan fingerprint density at radius 3 is 2.67 bits per heavy atom. The number of aryl methyl sites for hydroxylation is 2. The molecule has 2 aromatic heterocycles. The van der Waals surface area contributed by atoms with Gasteiger partial charge in [0.15, 0.2) is 0 Å². The van der Waals surface area contributed by atoms with Crippen molar-refractivity contribution in [3.63, 3.8) is 0 Å². The van der Waals surface area contributed by atoms with Crippen molar-refractivity contribution < 1.29 is 23.4 Å². The van der Waals surface area contributed by atoms with Crippen LogP contribution in [0, 0.1) is 19.7 Å². The van der Waals surface area contributed by atoms with E-state index in [0.717, 1.165) is 29.7 Å². The molecule has 0 saturated carbocycles. The van der Waals surface area contributed by atoms with Gasteiger partial charge in [0.05, 0.1) is 31.6 Å². The highest BCUT2D eigenvalue weighted by molar-refractivity contribution is 5.96. The number of methoxy groups -OCH3 is 1. The van der Waals surface area contributed by atoms with Crippen LogP contribution in [0.2, 0.25) is 0 Å². The molecule has 1 aromatic carbocycles. The van der Waals surface area contributed by atoms with Crippen molar-refractivity contribution in [3.8, 4) is 28.3 Å². The molecule has 3 heterocycles. The van der Waals surface area contributed by atoms with Crippen LogP contribution in [0.1, 0.15) is 47.4 Å². The van der Waals surface area contributed by atoms with Gasteiger partial charge in [-0.1, -0.05) is 6.07 Å². The zero-order valence-corrected chi connectivity index (χ0v) is 19.4. The number of carbonyl (C=O) groups is 1. The summed E-state index contributed by atoms with van der Waals surface area (Å²) in [5, 5.41) is 4.46. The van der Waals surface area contributed by atoms with Gasteiger partial charge in [-0.3, -0.25) is 4.68 Å². The molecule has 1 aliphatic rings. The second kappa shape index (κ2) is 9.70. The largest absolute Gasteiger partial charge is 0.481 e. The monoisotopic (exact) mass is 453 g/mol. The molecule has 1 aliphatic heterocycles. The first-order valence-corrected chi connectivity index (χ1v) is 11.1. The van der Waals surface area contributed by atoms with E-state index >= 15 is 4.39 Å². The zero-order chi connectivity index (χ0) is 23.5. The third kappa shape index (κ3) is 4.48. The molecule has 0 N–H and O–H groups in total. The maximum absolute atomic E-state index is 15.6. The maximum Gasteiger partial charge on any atom is 0.341 e. The van der Waals surface area contributed by atoms with Crippen LogP contribution in [0.3, 0.4) is 0 Å². The molecule has 3 aromatic rings. The van der Waals surface area contributed by atoms with Crippen LogP contribution in [-0.4, -0.2) is 47.7 Å². The van der Waals surface area contributed by atoms with E-state index in [2.05, 4.69) is 10.1 Å². The molecule has 0 bridgehead atoms. The number of halogens is 1. The standard InChI is InChI=1S/C25H28FN3O4/c1-5-33-25(30)20-14-27-29(18-8-10-32-11-9-18)23(20)19-7-6-17(13-21(19)26)22-15(2)12-16(3)28-24(22)31-4/h6-7,12-14,18H,5,8-11H2,1-4H3. The SMILES string of the molecule is CCOC(=O)c1cnn(C2CCOCC2)c1-c1ccc(-c2c(C)cc(C)nc2OC)cc1F. The summed E-state index contributed by atoms with van der Waals surface area (Å²) in [7, 11) is 1.55. The van der Waals surface area contributed by atoms with Crippen molar-refractivity contribution in [2.24, 2.45) is 0 Å². The van der Waals surface area contributed by atoms with E-state index in [0.29, 0.717) is 35.9 Å². The van der Waals surface area contributed by atoms with Crippen LogP contribution < -0.4 is 4.74 Å². The summed E-state index contributed by atoms with van der Waals surface area (Å²) in [6.45, 7) is 6.98. The molecule has 33 heavy (non-hydrogen) atoms. The molecule has 7 nitrogen and oxygen atoms in total. The quantitative estimate of drug-likeness (QED) is 0.494. The predicted octanol–water partition coefficient (Wildman–Crippen LogP) is 4.90. The molecule has 0 amide bonds. The highest BCUT2D eigenvalue weighted by atomic mass is 19.1. The Kier molecular flexibility index (Phi) is 6.74. The van der Waals surface area contributed by atoms with Crippen LogP contribution in [0.4, 0.5) is 4.39 Å². The molecule has 0 unspecified atom stereocenters. The summed E-state index contributed by atoms with van der Waals surface area (Å²) in [4.78, 5) is 17.1. The number of pyridine rings is 1. The van der Waals surface area contributed by atoms with E-state index in [1.54, 1.807) is 24.8 Å². The molecular formula is C25H28FN3O4. The summed E-state index contributed by atoms with van der Waals surface area (Å²) in [5.41, 5.74) is 4.11. The van der Waals surface area contributed by atoms with Gasteiger partial charge in [-0.05, 0) is 62.9 Å². The number of nitrogens with zero attached hydrogens (tertiary/aromatic N) is 3. The topological polar surface area (TPSA) is 75.5 Å². The molecule has 174 valence electrons. The number of carbonyl (C=O) groups excluding carboxylic acids is 1. The van der Waals surface area contributed by atoms with Gasteiger partial charge < -0.3 is 14.2 Å².